The minimum Gasteiger partial charge on any atom is -0.350 e. The van der Waals surface area contributed by atoms with Crippen molar-refractivity contribution in [2.24, 2.45) is 7.05 Å². The van der Waals surface area contributed by atoms with E-state index in [-0.39, 0.29) is 16.9 Å². The molecule has 1 aliphatic rings. The van der Waals surface area contributed by atoms with Gasteiger partial charge in [0.15, 0.2) is 0 Å². The van der Waals surface area contributed by atoms with Gasteiger partial charge in [0.1, 0.15) is 0 Å². The van der Waals surface area contributed by atoms with Gasteiger partial charge in [-0.05, 0) is 30.4 Å². The number of hydrogen-bond acceptors (Lipinski definition) is 2. The van der Waals surface area contributed by atoms with Crippen molar-refractivity contribution in [3.8, 4) is 0 Å². The number of carbonyl (C=O) groups is 1. The molecule has 1 aromatic heterocycles. The van der Waals surface area contributed by atoms with E-state index >= 15 is 0 Å². The monoisotopic (exact) mass is 311 g/mol. The first-order valence-electron chi connectivity index (χ1n) is 8.27. The summed E-state index contributed by atoms with van der Waals surface area (Å²) in [7, 11) is 1.89. The second-order valence-electron chi connectivity index (χ2n) is 7.14. The van der Waals surface area contributed by atoms with Gasteiger partial charge in [-0.1, -0.05) is 44.2 Å². The number of nitrogens with one attached hydrogen (secondary N) is 1. The molecule has 0 saturated heterocycles. The Balaban J connectivity index is 1.63. The van der Waals surface area contributed by atoms with Crippen LogP contribution in [0.25, 0.3) is 0 Å². The molecule has 0 aliphatic heterocycles. The van der Waals surface area contributed by atoms with Crippen molar-refractivity contribution in [2.45, 2.75) is 50.5 Å². The van der Waals surface area contributed by atoms with Gasteiger partial charge >= 0.3 is 0 Å². The van der Waals surface area contributed by atoms with Gasteiger partial charge in [-0.15, -0.1) is 0 Å². The average molecular weight is 311 g/mol. The van der Waals surface area contributed by atoms with Gasteiger partial charge in [-0.3, -0.25) is 9.48 Å². The van der Waals surface area contributed by atoms with Crippen LogP contribution in [0.15, 0.2) is 42.7 Å². The van der Waals surface area contributed by atoms with Crippen LogP contribution < -0.4 is 5.32 Å². The highest BCUT2D eigenvalue weighted by Crippen LogP contribution is 2.51. The van der Waals surface area contributed by atoms with Crippen LogP contribution in [0.3, 0.4) is 0 Å². The third-order valence-corrected chi connectivity index (χ3v) is 5.22. The molecule has 23 heavy (non-hydrogen) atoms. The summed E-state index contributed by atoms with van der Waals surface area (Å²) in [6.45, 7) is 4.47. The highest BCUT2D eigenvalue weighted by Gasteiger charge is 2.55. The Morgan fingerprint density at radius 3 is 2.57 bits per heavy atom. The average Bonchev–Trinajstić information content (AvgIpc) is 3.21. The lowest BCUT2D eigenvalue weighted by atomic mass is 9.75. The van der Waals surface area contributed by atoms with Crippen LogP contribution in [0.4, 0.5) is 0 Å². The highest BCUT2D eigenvalue weighted by atomic mass is 16.1. The number of nitrogens with zero attached hydrogens (tertiary/aromatic N) is 2. The van der Waals surface area contributed by atoms with Crippen molar-refractivity contribution in [1.29, 1.82) is 0 Å². The minimum atomic E-state index is -0.0969. The largest absolute Gasteiger partial charge is 0.350 e. The van der Waals surface area contributed by atoms with E-state index in [0.29, 0.717) is 6.42 Å². The maximum absolute atomic E-state index is 12.4. The van der Waals surface area contributed by atoms with Crippen LogP contribution in [0.2, 0.25) is 0 Å². The number of hydrogen-bond donors (Lipinski definition) is 1. The summed E-state index contributed by atoms with van der Waals surface area (Å²) in [5.41, 5.74) is 2.23. The summed E-state index contributed by atoms with van der Waals surface area (Å²) in [5, 5.41) is 7.46. The van der Waals surface area contributed by atoms with Crippen LogP contribution in [0.5, 0.6) is 0 Å². The number of carbonyl (C=O) groups excluding carboxylic acids is 1. The summed E-state index contributed by atoms with van der Waals surface area (Å²) in [6, 6.07) is 10.5. The van der Waals surface area contributed by atoms with Crippen molar-refractivity contribution in [2.75, 3.05) is 0 Å². The molecule has 3 rings (SSSR count). The molecule has 0 radical (unpaired) electrons. The first-order chi connectivity index (χ1) is 10.9. The Labute approximate surface area is 137 Å². The normalized spacial score (nSPS) is 16.1. The maximum atomic E-state index is 12.4. The molecule has 1 heterocycles. The van der Waals surface area contributed by atoms with Gasteiger partial charge in [0, 0.05) is 30.6 Å². The molecule has 0 bridgehead atoms. The van der Waals surface area contributed by atoms with E-state index < -0.39 is 0 Å². The van der Waals surface area contributed by atoms with E-state index in [1.807, 2.05) is 25.5 Å². The van der Waals surface area contributed by atoms with Crippen LogP contribution in [0.1, 0.15) is 44.2 Å². The lowest BCUT2D eigenvalue weighted by molar-refractivity contribution is -0.122. The van der Waals surface area contributed by atoms with Crippen LogP contribution in [-0.2, 0) is 23.7 Å². The number of benzene rings is 1. The molecule has 1 saturated carbocycles. The molecule has 0 atom stereocenters. The Morgan fingerprint density at radius 2 is 2.00 bits per heavy atom. The number of amides is 1. The Morgan fingerprint density at radius 1 is 1.30 bits per heavy atom. The van der Waals surface area contributed by atoms with Gasteiger partial charge in [0.05, 0.1) is 6.20 Å². The van der Waals surface area contributed by atoms with Crippen LogP contribution >= 0.6 is 0 Å². The fraction of sp³-hybridized carbons (Fsp3) is 0.474. The predicted molar refractivity (Wildman–Crippen MR) is 91.1 cm³/mol. The van der Waals surface area contributed by atoms with Crippen molar-refractivity contribution >= 4 is 5.91 Å². The van der Waals surface area contributed by atoms with Gasteiger partial charge in [0.2, 0.25) is 5.91 Å². The molecule has 4 heteroatoms. The minimum absolute atomic E-state index is 0.0573. The predicted octanol–water partition coefficient (Wildman–Crippen LogP) is 2.98. The van der Waals surface area contributed by atoms with Crippen molar-refractivity contribution in [3.63, 3.8) is 0 Å². The van der Waals surface area contributed by atoms with Crippen LogP contribution in [0, 0.1) is 0 Å². The summed E-state index contributed by atoms with van der Waals surface area (Å²) in [5.74, 6) is 0.135. The molecule has 1 fully saturated rings. The smallest absolute Gasteiger partial charge is 0.220 e. The zero-order valence-corrected chi connectivity index (χ0v) is 14.2. The first kappa shape index (κ1) is 15.8. The number of rotatable bonds is 6. The fourth-order valence-electron chi connectivity index (χ4n) is 3.35. The summed E-state index contributed by atoms with van der Waals surface area (Å²) in [4.78, 5) is 12.4. The van der Waals surface area contributed by atoms with Gasteiger partial charge in [-0.25, -0.2) is 0 Å². The van der Waals surface area contributed by atoms with Crippen LogP contribution in [-0.4, -0.2) is 21.2 Å². The van der Waals surface area contributed by atoms with Gasteiger partial charge in [-0.2, -0.15) is 5.10 Å². The van der Waals surface area contributed by atoms with Crippen molar-refractivity contribution in [1.82, 2.24) is 15.1 Å². The van der Waals surface area contributed by atoms with E-state index in [4.69, 9.17) is 0 Å². The topological polar surface area (TPSA) is 46.9 Å². The summed E-state index contributed by atoms with van der Waals surface area (Å²) >= 11 is 0. The molecular weight excluding hydrogens is 286 g/mol. The molecular formula is C19H25N3O. The Bertz CT molecular complexity index is 684. The van der Waals surface area contributed by atoms with E-state index in [0.717, 1.165) is 24.8 Å². The lowest BCUT2D eigenvalue weighted by Gasteiger charge is -2.36. The zero-order chi connectivity index (χ0) is 16.5. The van der Waals surface area contributed by atoms with E-state index in [1.54, 1.807) is 4.68 Å². The molecule has 1 amide bonds. The molecule has 0 spiro atoms. The first-order valence-corrected chi connectivity index (χ1v) is 8.27. The Hall–Kier alpha value is -2.10. The highest BCUT2D eigenvalue weighted by molar-refractivity contribution is 5.78. The fourth-order valence-corrected chi connectivity index (χ4v) is 3.35. The standard InChI is InChI=1S/C19H25N3O/c1-18(2,16-7-5-4-6-8-16)19(11-12-19)21-17(23)10-9-15-13-20-22(3)14-15/h4-8,13-14H,9-12H2,1-3H3,(H,21,23). The summed E-state index contributed by atoms with van der Waals surface area (Å²) < 4.78 is 1.77. The second kappa shape index (κ2) is 5.84. The van der Waals surface area contributed by atoms with E-state index in [9.17, 15) is 4.79 Å². The van der Waals surface area contributed by atoms with E-state index in [1.165, 1.54) is 5.56 Å². The SMILES string of the molecule is Cn1cc(CCC(=O)NC2(C(C)(C)c3ccccc3)CC2)cn1. The second-order valence-corrected chi connectivity index (χ2v) is 7.14. The molecule has 1 N–H and O–H groups in total. The molecule has 1 aliphatic carbocycles. The molecule has 4 nitrogen and oxygen atoms in total. The quantitative estimate of drug-likeness (QED) is 0.891. The Kier molecular flexibility index (Phi) is 4.00. The van der Waals surface area contributed by atoms with Crippen molar-refractivity contribution in [3.05, 3.63) is 53.9 Å². The number of aryl methyl sites for hydroxylation is 2. The molecule has 122 valence electrons. The van der Waals surface area contributed by atoms with Gasteiger partial charge in [0.25, 0.3) is 0 Å². The lowest BCUT2D eigenvalue weighted by Crippen LogP contribution is -2.50. The zero-order valence-electron chi connectivity index (χ0n) is 14.2. The van der Waals surface area contributed by atoms with Gasteiger partial charge < -0.3 is 5.32 Å². The third kappa shape index (κ3) is 3.16. The third-order valence-electron chi connectivity index (χ3n) is 5.22. The summed E-state index contributed by atoms with van der Waals surface area (Å²) in [6.07, 6.45) is 7.14. The molecule has 1 aromatic carbocycles. The number of aromatic nitrogens is 2. The van der Waals surface area contributed by atoms with E-state index in [2.05, 4.69) is 48.5 Å². The maximum Gasteiger partial charge on any atom is 0.220 e. The molecule has 0 unspecified atom stereocenters. The molecule has 2 aromatic rings. The van der Waals surface area contributed by atoms with Crippen molar-refractivity contribution < 1.29 is 4.79 Å².